The molecular formula is C26H24N2O7. The highest BCUT2D eigenvalue weighted by Gasteiger charge is 2.35. The quantitative estimate of drug-likeness (QED) is 0.481. The lowest BCUT2D eigenvalue weighted by molar-refractivity contribution is -0.152. The maximum absolute atomic E-state index is 13.0. The highest BCUT2D eigenvalue weighted by Crippen LogP contribution is 2.34. The molecule has 0 fully saturated rings. The van der Waals surface area contributed by atoms with Crippen molar-refractivity contribution in [3.05, 3.63) is 77.7 Å². The van der Waals surface area contributed by atoms with E-state index in [9.17, 15) is 9.59 Å². The van der Waals surface area contributed by atoms with E-state index in [2.05, 4.69) is 5.10 Å². The zero-order chi connectivity index (χ0) is 24.2. The summed E-state index contributed by atoms with van der Waals surface area (Å²) in [5.74, 6) is 1.61. The smallest absolute Gasteiger partial charge is 0.310 e. The Labute approximate surface area is 201 Å². The van der Waals surface area contributed by atoms with Crippen molar-refractivity contribution in [3.63, 3.8) is 0 Å². The first-order valence-electron chi connectivity index (χ1n) is 11.2. The highest BCUT2D eigenvalue weighted by molar-refractivity contribution is 6.03. The normalized spacial score (nSPS) is 16.5. The van der Waals surface area contributed by atoms with Crippen molar-refractivity contribution in [3.8, 4) is 17.2 Å². The van der Waals surface area contributed by atoms with Crippen LogP contribution in [-0.2, 0) is 20.7 Å². The Morgan fingerprint density at radius 1 is 1.06 bits per heavy atom. The molecule has 1 unspecified atom stereocenters. The van der Waals surface area contributed by atoms with Gasteiger partial charge in [-0.3, -0.25) is 9.59 Å². The molecule has 35 heavy (non-hydrogen) atoms. The number of hydrazone groups is 1. The number of methoxy groups -OCH3 is 1. The Kier molecular flexibility index (Phi) is 6.38. The summed E-state index contributed by atoms with van der Waals surface area (Å²) in [5.41, 5.74) is 2.31. The number of ether oxygens (including phenoxy) is 4. The second kappa shape index (κ2) is 9.92. The molecule has 2 aliphatic heterocycles. The van der Waals surface area contributed by atoms with Crippen LogP contribution in [0.15, 0.2) is 70.4 Å². The topological polar surface area (TPSA) is 99.8 Å². The minimum Gasteiger partial charge on any atom is -0.497 e. The van der Waals surface area contributed by atoms with Crippen LogP contribution in [0.3, 0.4) is 0 Å². The van der Waals surface area contributed by atoms with Gasteiger partial charge < -0.3 is 23.4 Å². The van der Waals surface area contributed by atoms with Crippen LogP contribution in [-0.4, -0.2) is 49.5 Å². The zero-order valence-corrected chi connectivity index (χ0v) is 19.1. The third kappa shape index (κ3) is 4.98. The molecule has 5 rings (SSSR count). The molecule has 0 radical (unpaired) electrons. The number of hydrogen-bond donors (Lipinski definition) is 0. The summed E-state index contributed by atoms with van der Waals surface area (Å²) < 4.78 is 27.1. The first-order chi connectivity index (χ1) is 17.1. The summed E-state index contributed by atoms with van der Waals surface area (Å²) in [6, 6.07) is 15.9. The predicted octanol–water partition coefficient (Wildman–Crippen LogP) is 3.52. The van der Waals surface area contributed by atoms with E-state index in [4.69, 9.17) is 23.4 Å². The van der Waals surface area contributed by atoms with Gasteiger partial charge in [-0.2, -0.15) is 5.10 Å². The molecule has 1 aromatic heterocycles. The number of nitrogens with zero attached hydrogens (tertiary/aromatic N) is 2. The molecule has 3 aromatic rings. The lowest BCUT2D eigenvalue weighted by Crippen LogP contribution is -2.31. The fourth-order valence-corrected chi connectivity index (χ4v) is 4.02. The molecule has 0 aliphatic carbocycles. The standard InChI is InChI=1S/C26H24N2O7/c1-31-19-7-5-18(6-8-19)20-15-21(22-3-2-10-32-22)28(27-20)25(29)16-35-26(30)14-17-4-9-23-24(13-17)34-12-11-33-23/h2-10,13,21H,11-12,14-16H2,1H3. The molecule has 180 valence electrons. The van der Waals surface area contributed by atoms with Crippen LogP contribution in [0.2, 0.25) is 0 Å². The summed E-state index contributed by atoms with van der Waals surface area (Å²) >= 11 is 0. The van der Waals surface area contributed by atoms with Gasteiger partial charge in [0.25, 0.3) is 5.91 Å². The monoisotopic (exact) mass is 476 g/mol. The minimum atomic E-state index is -0.525. The molecule has 2 aromatic carbocycles. The van der Waals surface area contributed by atoms with Gasteiger partial charge in [0.15, 0.2) is 18.1 Å². The van der Waals surface area contributed by atoms with E-state index >= 15 is 0 Å². The first-order valence-corrected chi connectivity index (χ1v) is 11.2. The molecule has 0 bridgehead atoms. The molecule has 0 saturated heterocycles. The molecule has 0 N–H and O–H groups in total. The fraction of sp³-hybridized carbons (Fsp3) is 0.269. The van der Waals surface area contributed by atoms with Crippen LogP contribution in [0.25, 0.3) is 0 Å². The van der Waals surface area contributed by atoms with Gasteiger partial charge in [0.1, 0.15) is 30.8 Å². The van der Waals surface area contributed by atoms with Crippen LogP contribution in [0.1, 0.15) is 29.3 Å². The number of amides is 1. The third-order valence-electron chi connectivity index (χ3n) is 5.77. The van der Waals surface area contributed by atoms with Crippen molar-refractivity contribution >= 4 is 17.6 Å². The van der Waals surface area contributed by atoms with Gasteiger partial charge in [-0.05, 0) is 59.7 Å². The van der Waals surface area contributed by atoms with Crippen LogP contribution < -0.4 is 14.2 Å². The summed E-state index contributed by atoms with van der Waals surface area (Å²) in [5, 5.41) is 5.87. The third-order valence-corrected chi connectivity index (χ3v) is 5.77. The van der Waals surface area contributed by atoms with Gasteiger partial charge in [0.05, 0.1) is 25.5 Å². The Bertz CT molecular complexity index is 1240. The maximum atomic E-state index is 13.0. The zero-order valence-electron chi connectivity index (χ0n) is 19.1. The van der Waals surface area contributed by atoms with Crippen molar-refractivity contribution < 1.29 is 33.0 Å². The lowest BCUT2D eigenvalue weighted by Gasteiger charge is -2.20. The molecule has 9 heteroatoms. The van der Waals surface area contributed by atoms with E-state index in [-0.39, 0.29) is 6.42 Å². The summed E-state index contributed by atoms with van der Waals surface area (Å²) in [6.45, 7) is 0.524. The summed E-state index contributed by atoms with van der Waals surface area (Å²) in [4.78, 5) is 25.4. The summed E-state index contributed by atoms with van der Waals surface area (Å²) in [6.07, 6.45) is 2.03. The molecule has 1 atom stereocenters. The lowest BCUT2D eigenvalue weighted by atomic mass is 10.0. The number of carbonyl (C=O) groups is 2. The van der Waals surface area contributed by atoms with E-state index in [0.717, 1.165) is 17.0 Å². The Hall–Kier alpha value is -4.27. The number of benzene rings is 2. The number of esters is 1. The second-order valence-electron chi connectivity index (χ2n) is 8.06. The predicted molar refractivity (Wildman–Crippen MR) is 125 cm³/mol. The van der Waals surface area contributed by atoms with Gasteiger partial charge in [-0.25, -0.2) is 5.01 Å². The number of fused-ring (bicyclic) bond motifs is 1. The molecule has 0 spiro atoms. The molecule has 0 saturated carbocycles. The van der Waals surface area contributed by atoms with E-state index < -0.39 is 24.5 Å². The van der Waals surface area contributed by atoms with Gasteiger partial charge in [0, 0.05) is 6.42 Å². The van der Waals surface area contributed by atoms with Crippen molar-refractivity contribution in [2.45, 2.75) is 18.9 Å². The molecule has 2 aliphatic rings. The van der Waals surface area contributed by atoms with Crippen LogP contribution in [0, 0.1) is 0 Å². The fourth-order valence-electron chi connectivity index (χ4n) is 4.02. The van der Waals surface area contributed by atoms with Crippen LogP contribution in [0.5, 0.6) is 17.2 Å². The van der Waals surface area contributed by atoms with E-state index in [0.29, 0.717) is 42.5 Å². The maximum Gasteiger partial charge on any atom is 0.310 e. The summed E-state index contributed by atoms with van der Waals surface area (Å²) in [7, 11) is 1.60. The van der Waals surface area contributed by atoms with Gasteiger partial charge in [-0.1, -0.05) is 6.07 Å². The SMILES string of the molecule is COc1ccc(C2=NN(C(=O)COC(=O)Cc3ccc4c(c3)OCCO4)C(c3ccco3)C2)cc1. The van der Waals surface area contributed by atoms with Crippen molar-refractivity contribution in [2.24, 2.45) is 5.10 Å². The first kappa shape index (κ1) is 22.5. The van der Waals surface area contributed by atoms with Crippen LogP contribution in [0.4, 0.5) is 0 Å². The van der Waals surface area contributed by atoms with Crippen LogP contribution >= 0.6 is 0 Å². The van der Waals surface area contributed by atoms with E-state index in [1.165, 1.54) is 5.01 Å². The highest BCUT2D eigenvalue weighted by atomic mass is 16.6. The second-order valence-corrected chi connectivity index (χ2v) is 8.06. The average molecular weight is 476 g/mol. The van der Waals surface area contributed by atoms with Crippen molar-refractivity contribution in [2.75, 3.05) is 26.9 Å². The van der Waals surface area contributed by atoms with E-state index in [1.807, 2.05) is 24.3 Å². The molecule has 9 nitrogen and oxygen atoms in total. The van der Waals surface area contributed by atoms with Gasteiger partial charge in [0.2, 0.25) is 0 Å². The Morgan fingerprint density at radius 3 is 2.60 bits per heavy atom. The van der Waals surface area contributed by atoms with Crippen molar-refractivity contribution in [1.82, 2.24) is 5.01 Å². The number of rotatable bonds is 7. The minimum absolute atomic E-state index is 0.00585. The largest absolute Gasteiger partial charge is 0.497 e. The molecule has 3 heterocycles. The average Bonchev–Trinajstić information content (AvgIpc) is 3.58. The van der Waals surface area contributed by atoms with Gasteiger partial charge >= 0.3 is 5.97 Å². The molecular weight excluding hydrogens is 452 g/mol. The van der Waals surface area contributed by atoms with E-state index in [1.54, 1.807) is 43.7 Å². The Balaban J connectivity index is 1.25. The number of furan rings is 1. The van der Waals surface area contributed by atoms with Gasteiger partial charge in [-0.15, -0.1) is 0 Å². The van der Waals surface area contributed by atoms with Crippen molar-refractivity contribution in [1.29, 1.82) is 0 Å². The molecule has 1 amide bonds. The number of carbonyl (C=O) groups excluding carboxylic acids is 2. The number of hydrogen-bond acceptors (Lipinski definition) is 8. The Morgan fingerprint density at radius 2 is 1.86 bits per heavy atom.